The predicted octanol–water partition coefficient (Wildman–Crippen LogP) is 2.47. The van der Waals surface area contributed by atoms with E-state index >= 15 is 0 Å². The summed E-state index contributed by atoms with van der Waals surface area (Å²) in [5.74, 6) is -0.171. The van der Waals surface area contributed by atoms with Crippen molar-refractivity contribution in [2.75, 3.05) is 6.54 Å². The van der Waals surface area contributed by atoms with Gasteiger partial charge in [-0.15, -0.1) is 0 Å². The van der Waals surface area contributed by atoms with Crippen LogP contribution in [0.3, 0.4) is 0 Å². The van der Waals surface area contributed by atoms with Gasteiger partial charge in [-0.25, -0.2) is 4.79 Å². The monoisotopic (exact) mass is 229 g/mol. The van der Waals surface area contributed by atoms with Gasteiger partial charge in [0.2, 0.25) is 0 Å². The molecule has 1 amide bonds. The van der Waals surface area contributed by atoms with E-state index in [1.165, 1.54) is 0 Å². The van der Waals surface area contributed by atoms with Crippen LogP contribution in [-0.4, -0.2) is 35.5 Å². The maximum absolute atomic E-state index is 11.8. The molecule has 0 radical (unpaired) electrons. The van der Waals surface area contributed by atoms with Crippen LogP contribution in [0.2, 0.25) is 0 Å². The highest BCUT2D eigenvalue weighted by Crippen LogP contribution is 2.13. The van der Waals surface area contributed by atoms with Gasteiger partial charge in [0.25, 0.3) is 0 Å². The lowest BCUT2D eigenvalue weighted by molar-refractivity contribution is -0.111. The highest BCUT2D eigenvalue weighted by molar-refractivity contribution is 5.69. The second-order valence-electron chi connectivity index (χ2n) is 5.34. The van der Waals surface area contributed by atoms with Gasteiger partial charge in [-0.1, -0.05) is 6.92 Å². The molecule has 0 aromatic carbocycles. The number of carbonyl (C=O) groups excluding carboxylic acids is 2. The minimum Gasteiger partial charge on any atom is -0.444 e. The van der Waals surface area contributed by atoms with E-state index < -0.39 is 5.60 Å². The fraction of sp³-hybridized carbons (Fsp3) is 0.833. The number of nitrogens with zero attached hydrogens (tertiary/aromatic N) is 1. The first kappa shape index (κ1) is 14.9. The van der Waals surface area contributed by atoms with Gasteiger partial charge in [0.05, 0.1) is 0 Å². The van der Waals surface area contributed by atoms with Crippen molar-refractivity contribution < 1.29 is 14.3 Å². The molecule has 0 aliphatic heterocycles. The van der Waals surface area contributed by atoms with Crippen molar-refractivity contribution >= 4 is 12.4 Å². The Hall–Kier alpha value is -1.06. The van der Waals surface area contributed by atoms with Gasteiger partial charge in [-0.05, 0) is 34.6 Å². The average Bonchev–Trinajstić information content (AvgIpc) is 2.09. The van der Waals surface area contributed by atoms with Gasteiger partial charge in [-0.3, -0.25) is 0 Å². The van der Waals surface area contributed by atoms with Gasteiger partial charge in [0.15, 0.2) is 0 Å². The molecular formula is C12H23NO3. The molecule has 0 fully saturated rings. The van der Waals surface area contributed by atoms with Crippen LogP contribution < -0.4 is 0 Å². The van der Waals surface area contributed by atoms with Gasteiger partial charge < -0.3 is 14.4 Å². The van der Waals surface area contributed by atoms with E-state index in [0.29, 0.717) is 6.54 Å². The van der Waals surface area contributed by atoms with E-state index in [0.717, 1.165) is 6.29 Å². The minimum absolute atomic E-state index is 0.0252. The van der Waals surface area contributed by atoms with Crippen LogP contribution in [0.4, 0.5) is 4.79 Å². The molecular weight excluding hydrogens is 206 g/mol. The molecule has 4 heteroatoms. The Labute approximate surface area is 98.0 Å². The first-order valence-electron chi connectivity index (χ1n) is 5.62. The zero-order chi connectivity index (χ0) is 12.9. The van der Waals surface area contributed by atoms with Crippen molar-refractivity contribution in [3.8, 4) is 0 Å². The van der Waals surface area contributed by atoms with Gasteiger partial charge in [0.1, 0.15) is 11.9 Å². The summed E-state index contributed by atoms with van der Waals surface area (Å²) in [6.07, 6.45) is 0.482. The largest absolute Gasteiger partial charge is 0.444 e. The van der Waals surface area contributed by atoms with Crippen molar-refractivity contribution in [3.05, 3.63) is 0 Å². The summed E-state index contributed by atoms with van der Waals surface area (Å²) >= 11 is 0. The second kappa shape index (κ2) is 5.87. The molecule has 94 valence electrons. The third-order valence-corrected chi connectivity index (χ3v) is 1.97. The van der Waals surface area contributed by atoms with Crippen molar-refractivity contribution in [2.45, 2.75) is 53.2 Å². The lowest BCUT2D eigenvalue weighted by Gasteiger charge is -2.30. The molecule has 0 heterocycles. The van der Waals surface area contributed by atoms with Crippen LogP contribution in [-0.2, 0) is 9.53 Å². The smallest absolute Gasteiger partial charge is 0.410 e. The van der Waals surface area contributed by atoms with Crippen LogP contribution >= 0.6 is 0 Å². The molecule has 0 saturated carbocycles. The lowest BCUT2D eigenvalue weighted by Crippen LogP contribution is -2.43. The second-order valence-corrected chi connectivity index (χ2v) is 5.34. The Balaban J connectivity index is 4.54. The van der Waals surface area contributed by atoms with Crippen molar-refractivity contribution in [1.29, 1.82) is 0 Å². The SMILES string of the molecule is CC(C=O)CN(C(=O)OC(C)(C)C)C(C)C. The number of aldehydes is 1. The van der Waals surface area contributed by atoms with Crippen LogP contribution in [0.25, 0.3) is 0 Å². The van der Waals surface area contributed by atoms with Crippen molar-refractivity contribution in [2.24, 2.45) is 5.92 Å². The van der Waals surface area contributed by atoms with Gasteiger partial charge >= 0.3 is 6.09 Å². The number of ether oxygens (including phenoxy) is 1. The minimum atomic E-state index is -0.505. The summed E-state index contributed by atoms with van der Waals surface area (Å²) in [6, 6.07) is 0.0252. The number of carbonyl (C=O) groups is 2. The first-order chi connectivity index (χ1) is 7.17. The Morgan fingerprint density at radius 3 is 2.12 bits per heavy atom. The molecule has 0 N–H and O–H groups in total. The molecule has 0 spiro atoms. The average molecular weight is 229 g/mol. The summed E-state index contributed by atoms with van der Waals surface area (Å²) in [5, 5.41) is 0. The zero-order valence-electron chi connectivity index (χ0n) is 11.1. The van der Waals surface area contributed by atoms with E-state index in [1.54, 1.807) is 11.8 Å². The Bertz CT molecular complexity index is 243. The highest BCUT2D eigenvalue weighted by atomic mass is 16.6. The third kappa shape index (κ3) is 5.73. The number of rotatable bonds is 4. The molecule has 0 bridgehead atoms. The summed E-state index contributed by atoms with van der Waals surface area (Å²) in [4.78, 5) is 24.0. The quantitative estimate of drug-likeness (QED) is 0.696. The van der Waals surface area contributed by atoms with Crippen molar-refractivity contribution in [1.82, 2.24) is 4.90 Å². The molecule has 0 aliphatic rings. The Kier molecular flexibility index (Phi) is 5.48. The highest BCUT2D eigenvalue weighted by Gasteiger charge is 2.25. The van der Waals surface area contributed by atoms with Crippen LogP contribution in [0, 0.1) is 5.92 Å². The van der Waals surface area contributed by atoms with E-state index in [-0.39, 0.29) is 18.1 Å². The summed E-state index contributed by atoms with van der Waals surface area (Å²) in [7, 11) is 0. The topological polar surface area (TPSA) is 46.6 Å². The number of hydrogen-bond donors (Lipinski definition) is 0. The lowest BCUT2D eigenvalue weighted by atomic mass is 10.1. The Morgan fingerprint density at radius 1 is 1.31 bits per heavy atom. The van der Waals surface area contributed by atoms with Crippen LogP contribution in [0.5, 0.6) is 0 Å². The predicted molar refractivity (Wildman–Crippen MR) is 63.3 cm³/mol. The van der Waals surface area contributed by atoms with E-state index in [1.807, 2.05) is 34.6 Å². The molecule has 0 aromatic rings. The standard InChI is InChI=1S/C12H23NO3/c1-9(2)13(7-10(3)8-14)11(15)16-12(4,5)6/h8-10H,7H2,1-6H3. The van der Waals surface area contributed by atoms with Crippen molar-refractivity contribution in [3.63, 3.8) is 0 Å². The molecule has 0 aliphatic carbocycles. The summed E-state index contributed by atoms with van der Waals surface area (Å²) in [5.41, 5.74) is -0.505. The number of hydrogen-bond acceptors (Lipinski definition) is 3. The van der Waals surface area contributed by atoms with E-state index in [2.05, 4.69) is 0 Å². The maximum atomic E-state index is 11.8. The first-order valence-corrected chi connectivity index (χ1v) is 5.62. The van der Waals surface area contributed by atoms with Gasteiger partial charge in [-0.2, -0.15) is 0 Å². The zero-order valence-corrected chi connectivity index (χ0v) is 11.1. The molecule has 0 rings (SSSR count). The van der Waals surface area contributed by atoms with E-state index in [9.17, 15) is 9.59 Å². The molecule has 0 aromatic heterocycles. The molecule has 1 unspecified atom stereocenters. The maximum Gasteiger partial charge on any atom is 0.410 e. The molecule has 4 nitrogen and oxygen atoms in total. The van der Waals surface area contributed by atoms with Crippen LogP contribution in [0.1, 0.15) is 41.5 Å². The summed E-state index contributed by atoms with van der Waals surface area (Å²) < 4.78 is 5.28. The van der Waals surface area contributed by atoms with E-state index in [4.69, 9.17) is 4.74 Å². The normalized spacial score (nSPS) is 13.4. The summed E-state index contributed by atoms with van der Waals surface area (Å²) in [6.45, 7) is 11.5. The molecule has 0 saturated heterocycles. The molecule has 1 atom stereocenters. The Morgan fingerprint density at radius 2 is 1.81 bits per heavy atom. The third-order valence-electron chi connectivity index (χ3n) is 1.97. The van der Waals surface area contributed by atoms with Crippen LogP contribution in [0.15, 0.2) is 0 Å². The number of amides is 1. The fourth-order valence-corrected chi connectivity index (χ4v) is 1.17. The van der Waals surface area contributed by atoms with Gasteiger partial charge in [0, 0.05) is 18.5 Å². The molecule has 16 heavy (non-hydrogen) atoms. The fourth-order valence-electron chi connectivity index (χ4n) is 1.17.